The summed E-state index contributed by atoms with van der Waals surface area (Å²) in [5.41, 5.74) is 2.63. The molecular formula is C17H21N2O2+. The van der Waals surface area contributed by atoms with Gasteiger partial charge in [-0.25, -0.2) is 0 Å². The van der Waals surface area contributed by atoms with Gasteiger partial charge in [-0.05, 0) is 36.4 Å². The normalized spacial score (nSPS) is 10.5. The van der Waals surface area contributed by atoms with Gasteiger partial charge in [0.25, 0.3) is 5.91 Å². The molecule has 2 aromatic carbocycles. The molecule has 2 aromatic rings. The topological polar surface area (TPSA) is 42.8 Å². The van der Waals surface area contributed by atoms with E-state index in [4.69, 9.17) is 4.74 Å². The number of rotatable bonds is 5. The van der Waals surface area contributed by atoms with Crippen LogP contribution in [0.2, 0.25) is 0 Å². The Morgan fingerprint density at radius 3 is 2.19 bits per heavy atom. The molecular weight excluding hydrogens is 264 g/mol. The van der Waals surface area contributed by atoms with Crippen LogP contribution in [0.4, 0.5) is 5.69 Å². The first-order chi connectivity index (χ1) is 10.1. The number of nitrogens with one attached hydrogen (secondary N) is 2. The van der Waals surface area contributed by atoms with Crippen LogP contribution in [-0.4, -0.2) is 27.1 Å². The molecule has 2 rings (SSSR count). The van der Waals surface area contributed by atoms with Crippen molar-refractivity contribution < 1.29 is 14.4 Å². The fraction of sp³-hybridized carbons (Fsp3) is 0.235. The van der Waals surface area contributed by atoms with Crippen molar-refractivity contribution in [1.29, 1.82) is 0 Å². The summed E-state index contributed by atoms with van der Waals surface area (Å²) in [5, 5.41) is 2.87. The van der Waals surface area contributed by atoms with Crippen LogP contribution in [0.25, 0.3) is 0 Å². The highest BCUT2D eigenvalue weighted by Crippen LogP contribution is 2.16. The minimum atomic E-state index is -0.107. The summed E-state index contributed by atoms with van der Waals surface area (Å²) >= 11 is 0. The highest BCUT2D eigenvalue weighted by atomic mass is 16.5. The molecule has 110 valence electrons. The van der Waals surface area contributed by atoms with Crippen molar-refractivity contribution in [3.8, 4) is 5.75 Å². The highest BCUT2D eigenvalue weighted by Gasteiger charge is 2.07. The second kappa shape index (κ2) is 6.90. The third-order valence-electron chi connectivity index (χ3n) is 3.12. The first-order valence-electron chi connectivity index (χ1n) is 6.92. The molecule has 21 heavy (non-hydrogen) atoms. The average Bonchev–Trinajstić information content (AvgIpc) is 2.48. The zero-order valence-corrected chi connectivity index (χ0v) is 12.6. The predicted octanol–water partition coefficient (Wildman–Crippen LogP) is 1.59. The number of ether oxygens (including phenoxy) is 1. The van der Waals surface area contributed by atoms with Crippen LogP contribution in [0.5, 0.6) is 5.75 Å². The Labute approximate surface area is 125 Å². The van der Waals surface area contributed by atoms with Crippen molar-refractivity contribution >= 4 is 11.6 Å². The molecule has 0 aliphatic heterocycles. The zero-order chi connectivity index (χ0) is 15.2. The number of benzene rings is 2. The number of hydrogen-bond acceptors (Lipinski definition) is 2. The molecule has 0 radical (unpaired) electrons. The van der Waals surface area contributed by atoms with E-state index in [0.29, 0.717) is 5.56 Å². The molecule has 0 spiro atoms. The van der Waals surface area contributed by atoms with E-state index in [0.717, 1.165) is 18.0 Å². The number of methoxy groups -OCH3 is 1. The molecule has 0 aliphatic rings. The van der Waals surface area contributed by atoms with Crippen molar-refractivity contribution in [2.75, 3.05) is 26.5 Å². The minimum Gasteiger partial charge on any atom is -0.497 e. The molecule has 0 bridgehead atoms. The number of quaternary nitrogens is 1. The van der Waals surface area contributed by atoms with Gasteiger partial charge in [0.2, 0.25) is 0 Å². The van der Waals surface area contributed by atoms with Crippen LogP contribution >= 0.6 is 0 Å². The lowest BCUT2D eigenvalue weighted by atomic mass is 10.1. The van der Waals surface area contributed by atoms with E-state index in [1.54, 1.807) is 7.11 Å². The van der Waals surface area contributed by atoms with E-state index in [1.807, 2.05) is 48.5 Å². The highest BCUT2D eigenvalue weighted by molar-refractivity contribution is 6.04. The van der Waals surface area contributed by atoms with Crippen LogP contribution in [0.3, 0.4) is 0 Å². The molecule has 4 heteroatoms. The Morgan fingerprint density at radius 1 is 1.05 bits per heavy atom. The lowest BCUT2D eigenvalue weighted by Gasteiger charge is -2.09. The summed E-state index contributed by atoms with van der Waals surface area (Å²) in [6, 6.07) is 15.0. The molecule has 0 aliphatic carbocycles. The predicted molar refractivity (Wildman–Crippen MR) is 83.9 cm³/mol. The van der Waals surface area contributed by atoms with Gasteiger partial charge in [-0.1, -0.05) is 12.1 Å². The first kappa shape index (κ1) is 15.1. The summed E-state index contributed by atoms with van der Waals surface area (Å²) < 4.78 is 5.09. The van der Waals surface area contributed by atoms with Crippen LogP contribution in [0.15, 0.2) is 48.5 Å². The van der Waals surface area contributed by atoms with Crippen LogP contribution < -0.4 is 15.0 Å². The van der Waals surface area contributed by atoms with Gasteiger partial charge >= 0.3 is 0 Å². The smallest absolute Gasteiger partial charge is 0.255 e. The van der Waals surface area contributed by atoms with Gasteiger partial charge in [-0.15, -0.1) is 0 Å². The average molecular weight is 285 g/mol. The lowest BCUT2D eigenvalue weighted by molar-refractivity contribution is -0.872. The van der Waals surface area contributed by atoms with Gasteiger partial charge in [0.15, 0.2) is 0 Å². The van der Waals surface area contributed by atoms with E-state index in [1.165, 1.54) is 10.5 Å². The van der Waals surface area contributed by atoms with Crippen LogP contribution in [0, 0.1) is 0 Å². The summed E-state index contributed by atoms with van der Waals surface area (Å²) in [7, 11) is 5.82. The monoisotopic (exact) mass is 285 g/mol. The number of amides is 1. The third kappa shape index (κ3) is 4.33. The maximum absolute atomic E-state index is 12.2. The Bertz CT molecular complexity index is 589. The van der Waals surface area contributed by atoms with Gasteiger partial charge in [0, 0.05) is 16.8 Å². The second-order valence-electron chi connectivity index (χ2n) is 5.26. The molecule has 1 amide bonds. The number of carbonyl (C=O) groups is 1. The SMILES string of the molecule is COc1ccc(NC(=O)c2ccc(C[NH+](C)C)cc2)cc1. The Morgan fingerprint density at radius 2 is 1.67 bits per heavy atom. The largest absolute Gasteiger partial charge is 0.497 e. The summed E-state index contributed by atoms with van der Waals surface area (Å²) in [6.45, 7) is 0.945. The Kier molecular flexibility index (Phi) is 4.95. The molecule has 0 saturated heterocycles. The molecule has 0 heterocycles. The van der Waals surface area contributed by atoms with Crippen LogP contribution in [-0.2, 0) is 6.54 Å². The van der Waals surface area contributed by atoms with E-state index < -0.39 is 0 Å². The fourth-order valence-electron chi connectivity index (χ4n) is 2.06. The number of anilines is 1. The van der Waals surface area contributed by atoms with Gasteiger partial charge in [-0.2, -0.15) is 0 Å². The van der Waals surface area contributed by atoms with E-state index in [9.17, 15) is 4.79 Å². The van der Waals surface area contributed by atoms with Crippen LogP contribution in [0.1, 0.15) is 15.9 Å². The van der Waals surface area contributed by atoms with E-state index in [-0.39, 0.29) is 5.91 Å². The maximum atomic E-state index is 12.2. The second-order valence-corrected chi connectivity index (χ2v) is 5.26. The number of hydrogen-bond donors (Lipinski definition) is 2. The quantitative estimate of drug-likeness (QED) is 0.876. The van der Waals surface area contributed by atoms with Gasteiger partial charge in [0.1, 0.15) is 12.3 Å². The Hall–Kier alpha value is -2.33. The fourth-order valence-corrected chi connectivity index (χ4v) is 2.06. The standard InChI is InChI=1S/C17H20N2O2/c1-19(2)12-13-4-6-14(7-5-13)17(20)18-15-8-10-16(21-3)11-9-15/h4-11H,12H2,1-3H3,(H,18,20)/p+1. The van der Waals surface area contributed by atoms with E-state index in [2.05, 4.69) is 19.4 Å². The van der Waals surface area contributed by atoms with Crippen molar-refractivity contribution in [2.24, 2.45) is 0 Å². The number of carbonyl (C=O) groups excluding carboxylic acids is 1. The summed E-state index contributed by atoms with van der Waals surface area (Å²) in [6.07, 6.45) is 0. The Balaban J connectivity index is 2.02. The van der Waals surface area contributed by atoms with Crippen molar-refractivity contribution in [3.63, 3.8) is 0 Å². The molecule has 2 N–H and O–H groups in total. The van der Waals surface area contributed by atoms with Gasteiger partial charge in [-0.3, -0.25) is 4.79 Å². The zero-order valence-electron chi connectivity index (χ0n) is 12.6. The molecule has 0 atom stereocenters. The molecule has 0 unspecified atom stereocenters. The summed E-state index contributed by atoms with van der Waals surface area (Å²) in [5.74, 6) is 0.660. The van der Waals surface area contributed by atoms with Gasteiger partial charge < -0.3 is 15.0 Å². The maximum Gasteiger partial charge on any atom is 0.255 e. The molecule has 4 nitrogen and oxygen atoms in total. The van der Waals surface area contributed by atoms with E-state index >= 15 is 0 Å². The van der Waals surface area contributed by atoms with Crippen molar-refractivity contribution in [3.05, 3.63) is 59.7 Å². The lowest BCUT2D eigenvalue weighted by Crippen LogP contribution is -3.04. The molecule has 0 aromatic heterocycles. The third-order valence-corrected chi connectivity index (χ3v) is 3.12. The van der Waals surface area contributed by atoms with Crippen molar-refractivity contribution in [1.82, 2.24) is 0 Å². The first-order valence-corrected chi connectivity index (χ1v) is 6.92. The van der Waals surface area contributed by atoms with Gasteiger partial charge in [0.05, 0.1) is 21.2 Å². The van der Waals surface area contributed by atoms with Crippen molar-refractivity contribution in [2.45, 2.75) is 6.54 Å². The minimum absolute atomic E-state index is 0.107. The summed E-state index contributed by atoms with van der Waals surface area (Å²) in [4.78, 5) is 13.5. The molecule has 0 saturated carbocycles. The molecule has 0 fully saturated rings.